The van der Waals surface area contributed by atoms with Crippen molar-refractivity contribution in [2.45, 2.75) is 13.3 Å². The zero-order chi connectivity index (χ0) is 12.0. The van der Waals surface area contributed by atoms with Gasteiger partial charge in [0.1, 0.15) is 0 Å². The van der Waals surface area contributed by atoms with Crippen LogP contribution < -0.4 is 14.4 Å². The molecule has 0 aromatic heterocycles. The van der Waals surface area contributed by atoms with Gasteiger partial charge in [0.05, 0.1) is 5.69 Å². The van der Waals surface area contributed by atoms with E-state index in [4.69, 9.17) is 9.47 Å². The summed E-state index contributed by atoms with van der Waals surface area (Å²) in [5.41, 5.74) is 0.550. The van der Waals surface area contributed by atoms with Crippen LogP contribution in [0.25, 0.3) is 0 Å². The van der Waals surface area contributed by atoms with Crippen LogP contribution in [0.2, 0.25) is 0 Å². The standard InChI is InChI=1S/C12H11NO4/c1-7-4-11(14)13(12(7)15)8-2-3-9-10(5-8)17-6-16-9/h2-3,5,7H,4,6H2,1H3/t7-/m0/s1. The monoisotopic (exact) mass is 233 g/mol. The molecule has 0 N–H and O–H groups in total. The number of rotatable bonds is 1. The zero-order valence-corrected chi connectivity index (χ0v) is 9.30. The first kappa shape index (κ1) is 10.1. The summed E-state index contributed by atoms with van der Waals surface area (Å²) in [7, 11) is 0. The van der Waals surface area contributed by atoms with Crippen molar-refractivity contribution in [2.24, 2.45) is 5.92 Å². The lowest BCUT2D eigenvalue weighted by Gasteiger charge is -2.14. The summed E-state index contributed by atoms with van der Waals surface area (Å²) in [4.78, 5) is 24.8. The zero-order valence-electron chi connectivity index (χ0n) is 9.30. The van der Waals surface area contributed by atoms with Crippen LogP contribution in [-0.4, -0.2) is 18.6 Å². The van der Waals surface area contributed by atoms with E-state index in [0.29, 0.717) is 17.2 Å². The average molecular weight is 233 g/mol. The molecule has 0 bridgehead atoms. The summed E-state index contributed by atoms with van der Waals surface area (Å²) in [6.07, 6.45) is 0.271. The van der Waals surface area contributed by atoms with Gasteiger partial charge in [0.15, 0.2) is 11.5 Å². The molecule has 2 aliphatic heterocycles. The van der Waals surface area contributed by atoms with E-state index >= 15 is 0 Å². The van der Waals surface area contributed by atoms with Crippen molar-refractivity contribution in [3.05, 3.63) is 18.2 Å². The van der Waals surface area contributed by atoms with Crippen molar-refractivity contribution in [3.8, 4) is 11.5 Å². The minimum absolute atomic E-state index is 0.158. The molecular weight excluding hydrogens is 222 g/mol. The summed E-state index contributed by atoms with van der Waals surface area (Å²) in [5.74, 6) is 0.645. The molecule has 1 aromatic carbocycles. The van der Waals surface area contributed by atoms with Gasteiger partial charge in [-0.25, -0.2) is 0 Å². The third kappa shape index (κ3) is 1.46. The molecule has 5 heteroatoms. The first-order valence-electron chi connectivity index (χ1n) is 5.43. The maximum Gasteiger partial charge on any atom is 0.237 e. The van der Waals surface area contributed by atoms with Crippen molar-refractivity contribution >= 4 is 17.5 Å². The summed E-state index contributed by atoms with van der Waals surface area (Å²) < 4.78 is 10.4. The second-order valence-corrected chi connectivity index (χ2v) is 4.21. The number of anilines is 1. The van der Waals surface area contributed by atoms with Gasteiger partial charge in [0.25, 0.3) is 0 Å². The molecule has 3 rings (SSSR count). The van der Waals surface area contributed by atoms with Crippen LogP contribution in [0, 0.1) is 5.92 Å². The molecule has 0 unspecified atom stereocenters. The van der Waals surface area contributed by atoms with E-state index in [-0.39, 0.29) is 30.9 Å². The number of hydrogen-bond donors (Lipinski definition) is 0. The lowest BCUT2D eigenvalue weighted by Crippen LogP contribution is -2.29. The van der Waals surface area contributed by atoms with Crippen molar-refractivity contribution in [1.82, 2.24) is 0 Å². The average Bonchev–Trinajstić information content (AvgIpc) is 2.84. The second-order valence-electron chi connectivity index (χ2n) is 4.21. The van der Waals surface area contributed by atoms with Crippen molar-refractivity contribution in [3.63, 3.8) is 0 Å². The van der Waals surface area contributed by atoms with Gasteiger partial charge in [-0.2, -0.15) is 0 Å². The van der Waals surface area contributed by atoms with Gasteiger partial charge >= 0.3 is 0 Å². The van der Waals surface area contributed by atoms with Gasteiger partial charge in [0.2, 0.25) is 18.6 Å². The van der Waals surface area contributed by atoms with Crippen LogP contribution in [0.3, 0.4) is 0 Å². The predicted molar refractivity (Wildman–Crippen MR) is 58.8 cm³/mol. The topological polar surface area (TPSA) is 55.8 Å². The maximum absolute atomic E-state index is 11.8. The van der Waals surface area contributed by atoms with Crippen LogP contribution in [0.4, 0.5) is 5.69 Å². The van der Waals surface area contributed by atoms with Crippen LogP contribution >= 0.6 is 0 Å². The number of imide groups is 1. The SMILES string of the molecule is C[C@H]1CC(=O)N(c2ccc3c(c2)OCO3)C1=O. The number of benzene rings is 1. The fourth-order valence-electron chi connectivity index (χ4n) is 2.08. The predicted octanol–water partition coefficient (Wildman–Crippen LogP) is 1.31. The fourth-order valence-corrected chi connectivity index (χ4v) is 2.08. The quantitative estimate of drug-likeness (QED) is 0.686. The fraction of sp³-hybridized carbons (Fsp3) is 0.333. The molecule has 1 aromatic rings. The Kier molecular flexibility index (Phi) is 2.07. The number of hydrogen-bond acceptors (Lipinski definition) is 4. The van der Waals surface area contributed by atoms with Crippen LogP contribution in [0.15, 0.2) is 18.2 Å². The Bertz CT molecular complexity index is 511. The first-order chi connectivity index (χ1) is 8.16. The minimum Gasteiger partial charge on any atom is -0.454 e. The molecule has 1 saturated heterocycles. The van der Waals surface area contributed by atoms with E-state index in [9.17, 15) is 9.59 Å². The molecule has 5 nitrogen and oxygen atoms in total. The lowest BCUT2D eigenvalue weighted by atomic mass is 10.1. The molecule has 88 valence electrons. The van der Waals surface area contributed by atoms with Crippen molar-refractivity contribution in [2.75, 3.05) is 11.7 Å². The van der Waals surface area contributed by atoms with Gasteiger partial charge in [-0.3, -0.25) is 14.5 Å². The first-order valence-corrected chi connectivity index (χ1v) is 5.43. The maximum atomic E-state index is 11.8. The van der Waals surface area contributed by atoms with E-state index in [2.05, 4.69) is 0 Å². The van der Waals surface area contributed by atoms with Gasteiger partial charge in [-0.1, -0.05) is 6.92 Å². The number of carbonyl (C=O) groups is 2. The largest absolute Gasteiger partial charge is 0.454 e. The van der Waals surface area contributed by atoms with Gasteiger partial charge in [-0.05, 0) is 12.1 Å². The lowest BCUT2D eigenvalue weighted by molar-refractivity contribution is -0.122. The Balaban J connectivity index is 1.99. The highest BCUT2D eigenvalue weighted by Gasteiger charge is 2.37. The molecule has 2 heterocycles. The minimum atomic E-state index is -0.243. The highest BCUT2D eigenvalue weighted by atomic mass is 16.7. The summed E-state index contributed by atoms with van der Waals surface area (Å²) in [5, 5.41) is 0. The Labute approximate surface area is 97.9 Å². The normalized spacial score (nSPS) is 22.4. The molecule has 1 atom stereocenters. The van der Waals surface area contributed by atoms with Gasteiger partial charge < -0.3 is 9.47 Å². The summed E-state index contributed by atoms with van der Waals surface area (Å²) >= 11 is 0. The van der Waals surface area contributed by atoms with Crippen LogP contribution in [-0.2, 0) is 9.59 Å². The molecule has 0 spiro atoms. The van der Waals surface area contributed by atoms with E-state index in [1.165, 1.54) is 4.90 Å². The van der Waals surface area contributed by atoms with Crippen molar-refractivity contribution < 1.29 is 19.1 Å². The third-order valence-electron chi connectivity index (χ3n) is 2.99. The molecule has 0 radical (unpaired) electrons. The summed E-state index contributed by atoms with van der Waals surface area (Å²) in [6.45, 7) is 1.93. The molecule has 2 amide bonds. The highest BCUT2D eigenvalue weighted by molar-refractivity contribution is 6.20. The molecule has 0 saturated carbocycles. The molecule has 17 heavy (non-hydrogen) atoms. The molecule has 0 aliphatic carbocycles. The Hall–Kier alpha value is -2.04. The van der Waals surface area contributed by atoms with Crippen molar-refractivity contribution in [1.29, 1.82) is 0 Å². The Morgan fingerprint density at radius 2 is 2.00 bits per heavy atom. The van der Waals surface area contributed by atoms with E-state index < -0.39 is 0 Å². The van der Waals surface area contributed by atoms with E-state index in [0.717, 1.165) is 0 Å². The van der Waals surface area contributed by atoms with Gasteiger partial charge in [-0.15, -0.1) is 0 Å². The van der Waals surface area contributed by atoms with Gasteiger partial charge in [0, 0.05) is 18.4 Å². The smallest absolute Gasteiger partial charge is 0.237 e. The number of fused-ring (bicyclic) bond motifs is 1. The number of carbonyl (C=O) groups excluding carboxylic acids is 2. The Morgan fingerprint density at radius 3 is 2.71 bits per heavy atom. The Morgan fingerprint density at radius 1 is 1.24 bits per heavy atom. The second kappa shape index (κ2) is 3.48. The van der Waals surface area contributed by atoms with Crippen LogP contribution in [0.1, 0.15) is 13.3 Å². The third-order valence-corrected chi connectivity index (χ3v) is 2.99. The number of ether oxygens (including phenoxy) is 2. The molecule has 1 fully saturated rings. The van der Waals surface area contributed by atoms with E-state index in [1.54, 1.807) is 25.1 Å². The van der Waals surface area contributed by atoms with Crippen LogP contribution in [0.5, 0.6) is 11.5 Å². The molecule has 2 aliphatic rings. The summed E-state index contributed by atoms with van der Waals surface area (Å²) in [6, 6.07) is 5.07. The number of amides is 2. The van der Waals surface area contributed by atoms with E-state index in [1.807, 2.05) is 0 Å². The molecular formula is C12H11NO4. The number of nitrogens with zero attached hydrogens (tertiary/aromatic N) is 1. The highest BCUT2D eigenvalue weighted by Crippen LogP contribution is 2.37.